The third kappa shape index (κ3) is 4.95. The van der Waals surface area contributed by atoms with Crippen molar-refractivity contribution in [1.29, 1.82) is 0 Å². The molecule has 5 nitrogen and oxygen atoms in total. The van der Waals surface area contributed by atoms with Gasteiger partial charge in [-0.15, -0.1) is 0 Å². The van der Waals surface area contributed by atoms with Crippen molar-refractivity contribution < 1.29 is 17.6 Å². The number of carbonyl (C=O) groups is 1. The summed E-state index contributed by atoms with van der Waals surface area (Å²) >= 11 is 5.85. The first-order valence-electron chi connectivity index (χ1n) is 7.84. The van der Waals surface area contributed by atoms with Gasteiger partial charge in [0.05, 0.1) is 11.9 Å². The quantitative estimate of drug-likeness (QED) is 0.750. The molecule has 1 atom stereocenters. The topological polar surface area (TPSA) is 57.7 Å². The molecule has 0 aliphatic rings. The van der Waals surface area contributed by atoms with Crippen LogP contribution in [0.4, 0.5) is 10.1 Å². The second-order valence-electron chi connectivity index (χ2n) is 6.03. The van der Waals surface area contributed by atoms with Crippen molar-refractivity contribution in [1.82, 2.24) is 4.90 Å². The Morgan fingerprint density at radius 1 is 1.12 bits per heavy atom. The number of amides is 1. The molecule has 0 spiro atoms. The zero-order valence-electron chi connectivity index (χ0n) is 14.7. The van der Waals surface area contributed by atoms with E-state index in [1.807, 2.05) is 0 Å². The molecule has 140 valence electrons. The summed E-state index contributed by atoms with van der Waals surface area (Å²) in [7, 11) is -2.15. The lowest BCUT2D eigenvalue weighted by Crippen LogP contribution is -2.48. The van der Waals surface area contributed by atoms with Crippen LogP contribution in [0.15, 0.2) is 48.5 Å². The maximum atomic E-state index is 13.2. The molecule has 2 aromatic rings. The van der Waals surface area contributed by atoms with Crippen molar-refractivity contribution in [3.05, 3.63) is 64.9 Å². The van der Waals surface area contributed by atoms with Gasteiger partial charge < -0.3 is 4.90 Å². The lowest BCUT2D eigenvalue weighted by atomic mass is 10.2. The minimum absolute atomic E-state index is 0.231. The van der Waals surface area contributed by atoms with Crippen molar-refractivity contribution in [3.8, 4) is 0 Å². The Balaban J connectivity index is 2.23. The van der Waals surface area contributed by atoms with Crippen LogP contribution in [0.25, 0.3) is 0 Å². The van der Waals surface area contributed by atoms with Crippen LogP contribution >= 0.6 is 11.6 Å². The lowest BCUT2D eigenvalue weighted by Gasteiger charge is -2.31. The zero-order chi connectivity index (χ0) is 19.5. The minimum Gasteiger partial charge on any atom is -0.340 e. The number of sulfonamides is 1. The second kappa shape index (κ2) is 8.05. The number of hydrogen-bond donors (Lipinski definition) is 0. The van der Waals surface area contributed by atoms with Gasteiger partial charge in [0, 0.05) is 18.6 Å². The van der Waals surface area contributed by atoms with Gasteiger partial charge in [0.2, 0.25) is 15.9 Å². The number of carbonyl (C=O) groups excluding carboxylic acids is 1. The molecule has 0 N–H and O–H groups in total. The first-order valence-corrected chi connectivity index (χ1v) is 10.1. The predicted molar refractivity (Wildman–Crippen MR) is 101 cm³/mol. The largest absolute Gasteiger partial charge is 0.340 e. The highest BCUT2D eigenvalue weighted by Crippen LogP contribution is 2.22. The molecule has 0 radical (unpaired) electrons. The van der Waals surface area contributed by atoms with Crippen LogP contribution in [0.5, 0.6) is 0 Å². The second-order valence-corrected chi connectivity index (χ2v) is 8.33. The maximum absolute atomic E-state index is 13.2. The minimum atomic E-state index is -3.74. The van der Waals surface area contributed by atoms with Gasteiger partial charge in [-0.2, -0.15) is 0 Å². The van der Waals surface area contributed by atoms with Crippen molar-refractivity contribution >= 4 is 33.2 Å². The van der Waals surface area contributed by atoms with Crippen LogP contribution in [0.3, 0.4) is 0 Å². The van der Waals surface area contributed by atoms with Crippen LogP contribution < -0.4 is 4.31 Å². The Hall–Kier alpha value is -2.12. The fourth-order valence-corrected chi connectivity index (χ4v) is 3.95. The summed E-state index contributed by atoms with van der Waals surface area (Å²) in [6, 6.07) is 11.0. The van der Waals surface area contributed by atoms with Crippen LogP contribution in [-0.2, 0) is 21.4 Å². The first kappa shape index (κ1) is 20.2. The highest BCUT2D eigenvalue weighted by Gasteiger charge is 2.31. The normalized spacial score (nSPS) is 12.5. The summed E-state index contributed by atoms with van der Waals surface area (Å²) in [5.41, 5.74) is 1.10. The molecule has 0 unspecified atom stereocenters. The monoisotopic (exact) mass is 398 g/mol. The fourth-order valence-electron chi connectivity index (χ4n) is 2.65. The first-order chi connectivity index (χ1) is 12.1. The van der Waals surface area contributed by atoms with Crippen molar-refractivity contribution in [3.63, 3.8) is 0 Å². The molecule has 26 heavy (non-hydrogen) atoms. The van der Waals surface area contributed by atoms with E-state index in [0.29, 0.717) is 11.6 Å². The van der Waals surface area contributed by atoms with Crippen LogP contribution in [-0.4, -0.2) is 38.6 Å². The van der Waals surface area contributed by atoms with Gasteiger partial charge in [0.15, 0.2) is 0 Å². The average molecular weight is 399 g/mol. The van der Waals surface area contributed by atoms with Gasteiger partial charge >= 0.3 is 0 Å². The number of halogens is 2. The average Bonchev–Trinajstić information content (AvgIpc) is 2.57. The highest BCUT2D eigenvalue weighted by molar-refractivity contribution is 7.92. The summed E-state index contributed by atoms with van der Waals surface area (Å²) < 4.78 is 38.6. The Morgan fingerprint density at radius 2 is 1.65 bits per heavy atom. The smallest absolute Gasteiger partial charge is 0.246 e. The molecule has 0 aliphatic carbocycles. The lowest BCUT2D eigenvalue weighted by molar-refractivity contribution is -0.131. The van der Waals surface area contributed by atoms with Gasteiger partial charge in [-0.3, -0.25) is 9.10 Å². The van der Waals surface area contributed by atoms with Crippen molar-refractivity contribution in [2.75, 3.05) is 17.6 Å². The summed E-state index contributed by atoms with van der Waals surface area (Å²) in [5, 5.41) is 0.593. The molecule has 1 amide bonds. The molecule has 0 aliphatic heterocycles. The number of likely N-dealkylation sites (N-methyl/N-ethyl adjacent to an activating group) is 1. The molecule has 8 heteroatoms. The van der Waals surface area contributed by atoms with Gasteiger partial charge in [-0.25, -0.2) is 12.8 Å². The predicted octanol–water partition coefficient (Wildman–Crippen LogP) is 3.29. The van der Waals surface area contributed by atoms with E-state index in [2.05, 4.69) is 0 Å². The van der Waals surface area contributed by atoms with E-state index in [4.69, 9.17) is 11.6 Å². The zero-order valence-corrected chi connectivity index (χ0v) is 16.3. The third-order valence-corrected chi connectivity index (χ3v) is 5.35. The van der Waals surface area contributed by atoms with Gasteiger partial charge in [-0.05, 0) is 48.9 Å². The Labute approximate surface area is 158 Å². The molecule has 0 aromatic heterocycles. The van der Waals surface area contributed by atoms with E-state index in [9.17, 15) is 17.6 Å². The molecule has 2 rings (SSSR count). The number of benzene rings is 2. The molecule has 2 aromatic carbocycles. The Kier molecular flexibility index (Phi) is 6.26. The highest BCUT2D eigenvalue weighted by atomic mass is 35.5. The van der Waals surface area contributed by atoms with Crippen LogP contribution in [0.1, 0.15) is 12.5 Å². The van der Waals surface area contributed by atoms with Crippen molar-refractivity contribution in [2.24, 2.45) is 0 Å². The van der Waals surface area contributed by atoms with Gasteiger partial charge in [0.1, 0.15) is 11.9 Å². The van der Waals surface area contributed by atoms with Crippen LogP contribution in [0, 0.1) is 5.82 Å². The number of nitrogens with zero attached hydrogens (tertiary/aromatic N) is 2. The van der Waals surface area contributed by atoms with Crippen LogP contribution in [0.2, 0.25) is 5.02 Å². The summed E-state index contributed by atoms with van der Waals surface area (Å²) in [6.45, 7) is 1.81. The Bertz CT molecular complexity index is 870. The van der Waals surface area contributed by atoms with Crippen molar-refractivity contribution in [2.45, 2.75) is 19.5 Å². The van der Waals surface area contributed by atoms with E-state index in [1.165, 1.54) is 24.0 Å². The van der Waals surface area contributed by atoms with E-state index < -0.39 is 21.9 Å². The number of anilines is 1. The number of rotatable bonds is 6. The fraction of sp³-hybridized carbons (Fsp3) is 0.278. The van der Waals surface area contributed by atoms with Gasteiger partial charge in [0.25, 0.3) is 0 Å². The van der Waals surface area contributed by atoms with E-state index in [0.717, 1.165) is 28.3 Å². The standard InChI is InChI=1S/C18H20ClFN2O3S/c1-13(18(23)21(2)12-14-4-6-15(19)7-5-14)22(26(3,24)25)17-10-8-16(20)9-11-17/h4-11,13H,12H2,1-3H3/t13-/m1/s1. The summed E-state index contributed by atoms with van der Waals surface area (Å²) in [4.78, 5) is 14.2. The summed E-state index contributed by atoms with van der Waals surface area (Å²) in [6.07, 6.45) is 1.01. The molecule has 0 fully saturated rings. The maximum Gasteiger partial charge on any atom is 0.246 e. The molecule has 0 bridgehead atoms. The molecular formula is C18H20ClFN2O3S. The SMILES string of the molecule is C[C@H](C(=O)N(C)Cc1ccc(Cl)cc1)N(c1ccc(F)cc1)S(C)(=O)=O. The molecule has 0 heterocycles. The molecule has 0 saturated carbocycles. The van der Waals surface area contributed by atoms with Gasteiger partial charge in [-0.1, -0.05) is 23.7 Å². The molecular weight excluding hydrogens is 379 g/mol. The van der Waals surface area contributed by atoms with E-state index in [1.54, 1.807) is 31.3 Å². The Morgan fingerprint density at radius 3 is 2.15 bits per heavy atom. The molecule has 0 saturated heterocycles. The summed E-state index contributed by atoms with van der Waals surface area (Å²) in [5.74, 6) is -0.865. The number of hydrogen-bond acceptors (Lipinski definition) is 3. The van der Waals surface area contributed by atoms with E-state index >= 15 is 0 Å². The van der Waals surface area contributed by atoms with E-state index in [-0.39, 0.29) is 11.6 Å². The third-order valence-electron chi connectivity index (χ3n) is 3.86.